The van der Waals surface area contributed by atoms with Crippen molar-refractivity contribution >= 4 is 45.4 Å². The molecule has 1 aliphatic rings. The Morgan fingerprint density at radius 1 is 1.03 bits per heavy atom. The average molecular weight is 529 g/mol. The summed E-state index contributed by atoms with van der Waals surface area (Å²) in [5.74, 6) is -2.52. The Bertz CT molecular complexity index is 1430. The molecule has 1 saturated heterocycles. The van der Waals surface area contributed by atoms with Gasteiger partial charge in [0.25, 0.3) is 11.1 Å². The van der Waals surface area contributed by atoms with Crippen LogP contribution in [0.1, 0.15) is 22.3 Å². The van der Waals surface area contributed by atoms with Crippen LogP contribution >= 0.6 is 11.8 Å². The second-order valence-electron chi connectivity index (χ2n) is 7.68. The molecule has 2 N–H and O–H groups in total. The van der Waals surface area contributed by atoms with Gasteiger partial charge in [-0.1, -0.05) is 12.1 Å². The lowest BCUT2D eigenvalue weighted by molar-refractivity contribution is -0.143. The summed E-state index contributed by atoms with van der Waals surface area (Å²) in [7, 11) is 0. The fraction of sp³-hybridized carbons (Fsp3) is 0.182. The Morgan fingerprint density at radius 2 is 1.75 bits per heavy atom. The zero-order valence-corrected chi connectivity index (χ0v) is 18.5. The van der Waals surface area contributed by atoms with Gasteiger partial charge in [-0.05, 0) is 59.1 Å². The molecule has 0 spiro atoms. The number of carboxylic acid groups (broad SMARTS) is 1. The van der Waals surface area contributed by atoms with Gasteiger partial charge in [0.05, 0.1) is 27.7 Å². The summed E-state index contributed by atoms with van der Waals surface area (Å²) >= 11 is 0.343. The van der Waals surface area contributed by atoms with E-state index in [1.807, 2.05) is 0 Å². The van der Waals surface area contributed by atoms with E-state index in [-0.39, 0.29) is 22.1 Å². The molecule has 2 heterocycles. The van der Waals surface area contributed by atoms with Gasteiger partial charge in [-0.25, -0.2) is 0 Å². The van der Waals surface area contributed by atoms with E-state index in [2.05, 4.69) is 10.2 Å². The number of aliphatic carboxylic acids is 1. The van der Waals surface area contributed by atoms with E-state index in [1.165, 1.54) is 24.4 Å². The Morgan fingerprint density at radius 3 is 2.39 bits per heavy atom. The maximum Gasteiger partial charge on any atom is 0.416 e. The van der Waals surface area contributed by atoms with Gasteiger partial charge < -0.3 is 5.11 Å². The predicted molar refractivity (Wildman–Crippen MR) is 115 cm³/mol. The van der Waals surface area contributed by atoms with Gasteiger partial charge in [-0.3, -0.25) is 24.4 Å². The summed E-state index contributed by atoms with van der Waals surface area (Å²) in [5, 5.41) is 15.1. The second-order valence-corrected chi connectivity index (χ2v) is 8.64. The van der Waals surface area contributed by atoms with Gasteiger partial charge in [-0.2, -0.15) is 31.4 Å². The van der Waals surface area contributed by atoms with Crippen molar-refractivity contribution in [3.05, 3.63) is 69.8 Å². The molecule has 0 radical (unpaired) electrons. The number of allylic oxidation sites excluding steroid dienone is 1. The summed E-state index contributed by atoms with van der Waals surface area (Å²) in [6.07, 6.45) is -9.43. The van der Waals surface area contributed by atoms with Crippen molar-refractivity contribution < 1.29 is 45.8 Å². The number of amides is 2. The number of rotatable bonds is 5. The number of aromatic nitrogens is 2. The Kier molecular flexibility index (Phi) is 6.32. The van der Waals surface area contributed by atoms with Crippen LogP contribution in [0.2, 0.25) is 0 Å². The molecule has 2 amide bonds. The topological polar surface area (TPSA) is 103 Å². The second kappa shape index (κ2) is 9.00. The van der Waals surface area contributed by atoms with E-state index in [1.54, 1.807) is 0 Å². The standard InChI is InChI=1S/C22H13F6N3O4S/c23-21(24,25)13-3-1-11(15(7-13)22(26,27)28)6-14(10-2-4-16-12(5-10)8-29-30-16)18-19(34)31(9-17(32)33)20(35)36-18/h1-5,7-8H,6,9H2,(H,29,30)(H,32,33). The first-order valence-corrected chi connectivity index (χ1v) is 10.8. The third-order valence-electron chi connectivity index (χ3n) is 5.32. The maximum atomic E-state index is 13.8. The summed E-state index contributed by atoms with van der Waals surface area (Å²) in [6.45, 7) is -0.962. The van der Waals surface area contributed by atoms with Crippen LogP contribution in [0.4, 0.5) is 31.1 Å². The smallest absolute Gasteiger partial charge is 0.416 e. The number of fused-ring (bicyclic) bond motifs is 1. The van der Waals surface area contributed by atoms with Crippen molar-refractivity contribution in [2.24, 2.45) is 0 Å². The molecule has 1 fully saturated rings. The zero-order chi connectivity index (χ0) is 26.4. The number of hydrogen-bond donors (Lipinski definition) is 2. The highest BCUT2D eigenvalue weighted by atomic mass is 32.2. The van der Waals surface area contributed by atoms with E-state index in [4.69, 9.17) is 5.11 Å². The Hall–Kier alpha value is -3.81. The number of carboxylic acids is 1. The Balaban J connectivity index is 1.89. The number of thioether (sulfide) groups is 1. The molecule has 0 saturated carbocycles. The van der Waals surface area contributed by atoms with Gasteiger partial charge in [0, 0.05) is 5.39 Å². The number of halogens is 6. The number of carbonyl (C=O) groups is 3. The minimum absolute atomic E-state index is 0.0115. The number of carbonyl (C=O) groups excluding carboxylic acids is 2. The van der Waals surface area contributed by atoms with Crippen molar-refractivity contribution in [1.82, 2.24) is 15.1 Å². The fourth-order valence-electron chi connectivity index (χ4n) is 3.66. The van der Waals surface area contributed by atoms with Crippen molar-refractivity contribution in [2.75, 3.05) is 6.54 Å². The molecule has 36 heavy (non-hydrogen) atoms. The molecule has 3 aromatic rings. The third-order valence-corrected chi connectivity index (χ3v) is 6.34. The van der Waals surface area contributed by atoms with Crippen LogP contribution < -0.4 is 0 Å². The van der Waals surface area contributed by atoms with E-state index < -0.39 is 59.1 Å². The van der Waals surface area contributed by atoms with Gasteiger partial charge in [0.15, 0.2) is 0 Å². The maximum absolute atomic E-state index is 13.8. The molecule has 2 aromatic carbocycles. The zero-order valence-electron chi connectivity index (χ0n) is 17.7. The highest BCUT2D eigenvalue weighted by Crippen LogP contribution is 2.42. The van der Waals surface area contributed by atoms with E-state index in [9.17, 15) is 40.7 Å². The number of aromatic amines is 1. The molecule has 188 valence electrons. The highest BCUT2D eigenvalue weighted by Gasteiger charge is 2.41. The average Bonchev–Trinajstić information content (AvgIpc) is 3.35. The summed E-state index contributed by atoms with van der Waals surface area (Å²) in [6, 6.07) is 5.61. The summed E-state index contributed by atoms with van der Waals surface area (Å²) in [5.41, 5.74) is -2.94. The molecule has 0 aliphatic carbocycles. The van der Waals surface area contributed by atoms with Gasteiger partial charge in [0.2, 0.25) is 0 Å². The first-order chi connectivity index (χ1) is 16.8. The highest BCUT2D eigenvalue weighted by molar-refractivity contribution is 8.18. The molecule has 0 atom stereocenters. The van der Waals surface area contributed by atoms with Gasteiger partial charge in [0.1, 0.15) is 6.54 Å². The largest absolute Gasteiger partial charge is 0.480 e. The quantitative estimate of drug-likeness (QED) is 0.342. The third kappa shape index (κ3) is 4.94. The Labute approximate surface area is 201 Å². The number of H-pyrrole nitrogens is 1. The lowest BCUT2D eigenvalue weighted by Crippen LogP contribution is -2.33. The van der Waals surface area contributed by atoms with Crippen molar-refractivity contribution in [2.45, 2.75) is 18.8 Å². The molecule has 0 bridgehead atoms. The minimum atomic E-state index is -5.15. The van der Waals surface area contributed by atoms with E-state index in [0.717, 1.165) is 0 Å². The SMILES string of the molecule is O=C(O)CN1C(=O)SC(=C(Cc2ccc(C(F)(F)F)cc2C(F)(F)F)c2ccc3[nH]ncc3c2)C1=O. The number of nitrogens with zero attached hydrogens (tertiary/aromatic N) is 2. The van der Waals surface area contributed by atoms with Crippen molar-refractivity contribution in [3.8, 4) is 0 Å². The monoisotopic (exact) mass is 529 g/mol. The number of imide groups is 1. The molecule has 4 rings (SSSR count). The normalized spacial score (nSPS) is 16.2. The van der Waals surface area contributed by atoms with Crippen LogP contribution in [0.5, 0.6) is 0 Å². The molecular weight excluding hydrogens is 516 g/mol. The lowest BCUT2D eigenvalue weighted by atomic mass is 9.92. The molecule has 7 nitrogen and oxygen atoms in total. The van der Waals surface area contributed by atoms with Crippen molar-refractivity contribution in [1.29, 1.82) is 0 Å². The fourth-order valence-corrected chi connectivity index (χ4v) is 4.60. The van der Waals surface area contributed by atoms with E-state index >= 15 is 0 Å². The molecule has 1 aliphatic heterocycles. The number of alkyl halides is 6. The molecule has 1 aromatic heterocycles. The van der Waals surface area contributed by atoms with Crippen LogP contribution in [-0.2, 0) is 28.4 Å². The van der Waals surface area contributed by atoms with Crippen LogP contribution in [0.15, 0.2) is 47.5 Å². The van der Waals surface area contributed by atoms with Gasteiger partial charge in [-0.15, -0.1) is 0 Å². The predicted octanol–water partition coefficient (Wildman–Crippen LogP) is 5.33. The van der Waals surface area contributed by atoms with Gasteiger partial charge >= 0.3 is 18.3 Å². The van der Waals surface area contributed by atoms with Crippen LogP contribution in [0.25, 0.3) is 16.5 Å². The van der Waals surface area contributed by atoms with Crippen LogP contribution in [-0.4, -0.2) is 43.9 Å². The molecule has 0 unspecified atom stereocenters. The van der Waals surface area contributed by atoms with Crippen molar-refractivity contribution in [3.63, 3.8) is 0 Å². The van der Waals surface area contributed by atoms with Crippen LogP contribution in [0, 0.1) is 0 Å². The van der Waals surface area contributed by atoms with E-state index in [0.29, 0.717) is 39.7 Å². The first-order valence-electron chi connectivity index (χ1n) is 9.95. The summed E-state index contributed by atoms with van der Waals surface area (Å²) < 4.78 is 80.6. The number of nitrogens with one attached hydrogen (secondary N) is 1. The number of hydrogen-bond acceptors (Lipinski definition) is 5. The lowest BCUT2D eigenvalue weighted by Gasteiger charge is -2.18. The number of benzene rings is 2. The first kappa shape index (κ1) is 25.3. The molecular formula is C22H13F6N3O4S. The summed E-state index contributed by atoms with van der Waals surface area (Å²) in [4.78, 5) is 36.4. The van der Waals surface area contributed by atoms with Crippen LogP contribution in [0.3, 0.4) is 0 Å². The minimum Gasteiger partial charge on any atom is -0.480 e. The molecule has 14 heteroatoms.